The molecule has 0 aliphatic carbocycles. The molecule has 0 bridgehead atoms. The fourth-order valence-electron chi connectivity index (χ4n) is 0.656. The Bertz CT molecular complexity index is 198. The van der Waals surface area contributed by atoms with Crippen molar-refractivity contribution in [1.82, 2.24) is 0 Å². The smallest absolute Gasteiger partial charge is 0.0480 e. The molecule has 1 aromatic carbocycles. The second-order valence-corrected chi connectivity index (χ2v) is 2.72. The molecule has 2 heteroatoms. The van der Waals surface area contributed by atoms with E-state index >= 15 is 0 Å². The first-order chi connectivity index (χ1) is 4.34. The Labute approximate surface area is 62.4 Å². The molecule has 9 heavy (non-hydrogen) atoms. The zero-order chi connectivity index (χ0) is 6.69. The van der Waals surface area contributed by atoms with E-state index in [4.69, 9.17) is 11.6 Å². The molecule has 1 rings (SSSR count). The monoisotopic (exact) mass is 158 g/mol. The maximum absolute atomic E-state index is 5.62. The van der Waals surface area contributed by atoms with E-state index in [1.54, 1.807) is 0 Å². The average molecular weight is 159 g/mol. The van der Waals surface area contributed by atoms with Gasteiger partial charge in [0.25, 0.3) is 0 Å². The lowest BCUT2D eigenvalue weighted by Gasteiger charge is -1.97. The van der Waals surface area contributed by atoms with Crippen molar-refractivity contribution in [3.63, 3.8) is 0 Å². The number of hydrogen-bond donors (Lipinski definition) is 0. The van der Waals surface area contributed by atoms with Crippen LogP contribution in [-0.4, -0.2) is 0 Å². The van der Waals surface area contributed by atoms with Crippen LogP contribution >= 0.6 is 20.8 Å². The van der Waals surface area contributed by atoms with Gasteiger partial charge in [-0.15, -0.1) is 20.8 Å². The first kappa shape index (κ1) is 7.05. The van der Waals surface area contributed by atoms with Crippen LogP contribution in [0.15, 0.2) is 24.3 Å². The number of benzene rings is 1. The molecule has 0 fully saturated rings. The average Bonchev–Trinajstić information content (AvgIpc) is 1.89. The van der Waals surface area contributed by atoms with Crippen molar-refractivity contribution in [3.05, 3.63) is 29.8 Å². The first-order valence-electron chi connectivity index (χ1n) is 2.74. The van der Waals surface area contributed by atoms with Gasteiger partial charge in [0.05, 0.1) is 0 Å². The van der Waals surface area contributed by atoms with Crippen LogP contribution in [0.4, 0.5) is 0 Å². The molecule has 1 unspecified atom stereocenters. The van der Waals surface area contributed by atoms with E-state index < -0.39 is 0 Å². The topological polar surface area (TPSA) is 0 Å². The summed E-state index contributed by atoms with van der Waals surface area (Å²) in [5.74, 6) is 0.597. The Hall–Kier alpha value is -0.0600. The van der Waals surface area contributed by atoms with Crippen molar-refractivity contribution in [2.24, 2.45) is 0 Å². The minimum absolute atomic E-state index is 0.597. The summed E-state index contributed by atoms with van der Waals surface area (Å²) in [6.07, 6.45) is 0. The number of alkyl halides is 1. The first-order valence-corrected chi connectivity index (χ1v) is 3.85. The third-order valence-electron chi connectivity index (χ3n) is 1.20. The lowest BCUT2D eigenvalue weighted by Crippen LogP contribution is -1.96. The normalized spacial score (nSPS) is 9.56. The van der Waals surface area contributed by atoms with Crippen molar-refractivity contribution in [1.29, 1.82) is 0 Å². The standard InChI is InChI=1S/C7H8ClP/c8-5-6-3-1-2-4-7(6)9/h1-4H,5,9H2. The minimum Gasteiger partial charge on any atom is -0.122 e. The second kappa shape index (κ2) is 3.20. The Kier molecular flexibility index (Phi) is 2.50. The SMILES string of the molecule is Pc1ccccc1CCl. The van der Waals surface area contributed by atoms with E-state index in [0.717, 1.165) is 0 Å². The predicted octanol–water partition coefficient (Wildman–Crippen LogP) is 1.93. The van der Waals surface area contributed by atoms with Gasteiger partial charge in [0.2, 0.25) is 0 Å². The van der Waals surface area contributed by atoms with Gasteiger partial charge in [-0.1, -0.05) is 24.3 Å². The molecule has 1 aromatic rings. The second-order valence-electron chi connectivity index (χ2n) is 1.83. The number of hydrogen-bond acceptors (Lipinski definition) is 0. The highest BCUT2D eigenvalue weighted by molar-refractivity contribution is 7.27. The lowest BCUT2D eigenvalue weighted by atomic mass is 10.2. The zero-order valence-electron chi connectivity index (χ0n) is 4.97. The fourth-order valence-corrected chi connectivity index (χ4v) is 1.34. The van der Waals surface area contributed by atoms with E-state index in [1.807, 2.05) is 24.3 Å². The van der Waals surface area contributed by atoms with Crippen LogP contribution in [0.25, 0.3) is 0 Å². The molecule has 0 aromatic heterocycles. The van der Waals surface area contributed by atoms with Crippen LogP contribution in [0.5, 0.6) is 0 Å². The van der Waals surface area contributed by atoms with E-state index in [-0.39, 0.29) is 0 Å². The highest BCUT2D eigenvalue weighted by Crippen LogP contribution is 2.02. The molecule has 0 nitrogen and oxygen atoms in total. The molecule has 1 atom stereocenters. The Morgan fingerprint density at radius 2 is 2.00 bits per heavy atom. The minimum atomic E-state index is 0.597. The molecular formula is C7H8ClP. The summed E-state index contributed by atoms with van der Waals surface area (Å²) in [7, 11) is 2.65. The fraction of sp³-hybridized carbons (Fsp3) is 0.143. The van der Waals surface area contributed by atoms with Gasteiger partial charge in [-0.2, -0.15) is 0 Å². The quantitative estimate of drug-likeness (QED) is 0.433. The summed E-state index contributed by atoms with van der Waals surface area (Å²) in [5, 5.41) is 1.19. The van der Waals surface area contributed by atoms with E-state index in [1.165, 1.54) is 10.9 Å². The van der Waals surface area contributed by atoms with Gasteiger partial charge in [-0.05, 0) is 10.9 Å². The molecule has 0 spiro atoms. The molecule has 0 saturated heterocycles. The number of halogens is 1. The highest BCUT2D eigenvalue weighted by atomic mass is 35.5. The summed E-state index contributed by atoms with van der Waals surface area (Å²) < 4.78 is 0. The summed E-state index contributed by atoms with van der Waals surface area (Å²) in [6, 6.07) is 8.04. The van der Waals surface area contributed by atoms with Gasteiger partial charge in [-0.3, -0.25) is 0 Å². The third kappa shape index (κ3) is 1.67. The van der Waals surface area contributed by atoms with Crippen LogP contribution < -0.4 is 5.30 Å². The van der Waals surface area contributed by atoms with Crippen LogP contribution in [0.2, 0.25) is 0 Å². The van der Waals surface area contributed by atoms with Gasteiger partial charge >= 0.3 is 0 Å². The van der Waals surface area contributed by atoms with Crippen molar-refractivity contribution < 1.29 is 0 Å². The van der Waals surface area contributed by atoms with Gasteiger partial charge < -0.3 is 0 Å². The molecule has 48 valence electrons. The number of rotatable bonds is 1. The summed E-state index contributed by atoms with van der Waals surface area (Å²) in [5.41, 5.74) is 1.18. The Morgan fingerprint density at radius 1 is 1.33 bits per heavy atom. The molecule has 0 amide bonds. The van der Waals surface area contributed by atoms with Crippen molar-refractivity contribution in [2.75, 3.05) is 0 Å². The molecule has 0 radical (unpaired) electrons. The van der Waals surface area contributed by atoms with Crippen LogP contribution in [0, 0.1) is 0 Å². The molecular weight excluding hydrogens is 151 g/mol. The van der Waals surface area contributed by atoms with Crippen molar-refractivity contribution >= 4 is 26.1 Å². The van der Waals surface area contributed by atoms with Crippen LogP contribution in [0.3, 0.4) is 0 Å². The van der Waals surface area contributed by atoms with Gasteiger partial charge in [0.1, 0.15) is 0 Å². The van der Waals surface area contributed by atoms with E-state index in [0.29, 0.717) is 5.88 Å². The molecule has 0 heterocycles. The predicted molar refractivity (Wildman–Crippen MR) is 45.3 cm³/mol. The Balaban J connectivity index is 3.01. The van der Waals surface area contributed by atoms with Crippen molar-refractivity contribution in [2.45, 2.75) is 5.88 Å². The van der Waals surface area contributed by atoms with Gasteiger partial charge in [0, 0.05) is 5.88 Å². The van der Waals surface area contributed by atoms with E-state index in [2.05, 4.69) is 9.24 Å². The zero-order valence-corrected chi connectivity index (χ0v) is 6.88. The summed E-state index contributed by atoms with van der Waals surface area (Å²) in [6.45, 7) is 0. The summed E-state index contributed by atoms with van der Waals surface area (Å²) >= 11 is 5.62. The Morgan fingerprint density at radius 3 is 2.44 bits per heavy atom. The highest BCUT2D eigenvalue weighted by Gasteiger charge is 1.91. The molecule has 0 saturated carbocycles. The molecule has 0 aliphatic rings. The summed E-state index contributed by atoms with van der Waals surface area (Å²) in [4.78, 5) is 0. The molecule has 0 aliphatic heterocycles. The van der Waals surface area contributed by atoms with Gasteiger partial charge in [0.15, 0.2) is 0 Å². The van der Waals surface area contributed by atoms with E-state index in [9.17, 15) is 0 Å². The third-order valence-corrected chi connectivity index (χ3v) is 2.05. The van der Waals surface area contributed by atoms with Gasteiger partial charge in [-0.25, -0.2) is 0 Å². The van der Waals surface area contributed by atoms with Crippen LogP contribution in [-0.2, 0) is 5.88 Å². The van der Waals surface area contributed by atoms with Crippen LogP contribution in [0.1, 0.15) is 5.56 Å². The van der Waals surface area contributed by atoms with Crippen molar-refractivity contribution in [3.8, 4) is 0 Å². The largest absolute Gasteiger partial charge is 0.122 e. The molecule has 0 N–H and O–H groups in total. The maximum Gasteiger partial charge on any atom is 0.0480 e. The lowest BCUT2D eigenvalue weighted by molar-refractivity contribution is 1.44. The maximum atomic E-state index is 5.62.